The number of hydrogen-bond acceptors (Lipinski definition) is 5. The van der Waals surface area contributed by atoms with E-state index in [-0.39, 0.29) is 11.3 Å². The van der Waals surface area contributed by atoms with Crippen LogP contribution >= 0.6 is 0 Å². The van der Waals surface area contributed by atoms with E-state index in [2.05, 4.69) is 22.4 Å². The average molecular weight is 318 g/mol. The molecule has 1 aliphatic rings. The van der Waals surface area contributed by atoms with E-state index in [0.717, 1.165) is 44.6 Å². The smallest absolute Gasteiger partial charge is 0.273 e. The van der Waals surface area contributed by atoms with Crippen LogP contribution in [0.4, 0.5) is 5.69 Å². The number of aryl methyl sites for hydroxylation is 1. The van der Waals surface area contributed by atoms with Crippen molar-refractivity contribution in [1.82, 2.24) is 10.3 Å². The van der Waals surface area contributed by atoms with Crippen molar-refractivity contribution < 1.29 is 9.72 Å². The highest BCUT2D eigenvalue weighted by atomic mass is 16.6. The van der Waals surface area contributed by atoms with Gasteiger partial charge in [-0.05, 0) is 26.0 Å². The fourth-order valence-corrected chi connectivity index (χ4v) is 2.60. The molecular formula is C16H22N4O3. The standard InChI is InChI=1S/C16H22N4O3/c1-3-8-19-9-6-14(7-10-19)17-18-16(21)13-5-4-12(2)15(11-13)20(22)23/h4-5,11H,3,6-10H2,1-2H3,(H,18,21). The summed E-state index contributed by atoms with van der Waals surface area (Å²) in [7, 11) is 0. The number of nitrogens with one attached hydrogen (secondary N) is 1. The summed E-state index contributed by atoms with van der Waals surface area (Å²) < 4.78 is 0. The van der Waals surface area contributed by atoms with Gasteiger partial charge in [0.2, 0.25) is 0 Å². The van der Waals surface area contributed by atoms with Gasteiger partial charge in [0.15, 0.2) is 0 Å². The van der Waals surface area contributed by atoms with Gasteiger partial charge in [0.05, 0.1) is 4.92 Å². The maximum absolute atomic E-state index is 12.1. The Balaban J connectivity index is 1.96. The van der Waals surface area contributed by atoms with Crippen LogP contribution in [-0.4, -0.2) is 41.1 Å². The molecule has 124 valence electrons. The monoisotopic (exact) mass is 318 g/mol. The first-order chi connectivity index (χ1) is 11.0. The number of amides is 1. The van der Waals surface area contributed by atoms with E-state index in [1.807, 2.05) is 0 Å². The molecule has 1 N–H and O–H groups in total. The van der Waals surface area contributed by atoms with Gasteiger partial charge < -0.3 is 4.90 Å². The van der Waals surface area contributed by atoms with Crippen LogP contribution < -0.4 is 5.43 Å². The van der Waals surface area contributed by atoms with Crippen molar-refractivity contribution in [2.75, 3.05) is 19.6 Å². The Morgan fingerprint density at radius 1 is 1.39 bits per heavy atom. The molecule has 0 bridgehead atoms. The molecule has 1 fully saturated rings. The number of hydrogen-bond donors (Lipinski definition) is 1. The van der Waals surface area contributed by atoms with Crippen molar-refractivity contribution in [3.05, 3.63) is 39.4 Å². The van der Waals surface area contributed by atoms with Crippen LogP contribution in [0.15, 0.2) is 23.3 Å². The average Bonchev–Trinajstić information content (AvgIpc) is 2.54. The second kappa shape index (κ2) is 7.82. The van der Waals surface area contributed by atoms with Gasteiger partial charge in [-0.15, -0.1) is 0 Å². The number of rotatable bonds is 5. The summed E-state index contributed by atoms with van der Waals surface area (Å²) in [6, 6.07) is 4.43. The summed E-state index contributed by atoms with van der Waals surface area (Å²) >= 11 is 0. The third kappa shape index (κ3) is 4.59. The highest BCUT2D eigenvalue weighted by Gasteiger charge is 2.16. The predicted octanol–water partition coefficient (Wildman–Crippen LogP) is 2.49. The number of benzene rings is 1. The Morgan fingerprint density at radius 2 is 2.09 bits per heavy atom. The van der Waals surface area contributed by atoms with Crippen molar-refractivity contribution in [3.8, 4) is 0 Å². The molecule has 23 heavy (non-hydrogen) atoms. The van der Waals surface area contributed by atoms with Crippen molar-refractivity contribution in [2.24, 2.45) is 5.10 Å². The summed E-state index contributed by atoms with van der Waals surface area (Å²) in [5.74, 6) is -0.420. The van der Waals surface area contributed by atoms with E-state index in [1.54, 1.807) is 19.1 Å². The minimum absolute atomic E-state index is 0.0572. The fourth-order valence-electron chi connectivity index (χ4n) is 2.60. The Morgan fingerprint density at radius 3 is 2.70 bits per heavy atom. The van der Waals surface area contributed by atoms with Crippen LogP contribution in [0.5, 0.6) is 0 Å². The second-order valence-corrected chi connectivity index (χ2v) is 5.72. The third-order valence-electron chi connectivity index (χ3n) is 3.96. The first-order valence-electron chi connectivity index (χ1n) is 7.84. The maximum atomic E-state index is 12.1. The minimum atomic E-state index is -0.485. The summed E-state index contributed by atoms with van der Waals surface area (Å²) in [5.41, 5.74) is 4.19. The van der Waals surface area contributed by atoms with E-state index in [0.29, 0.717) is 5.56 Å². The molecule has 1 aromatic rings. The first-order valence-corrected chi connectivity index (χ1v) is 7.84. The lowest BCUT2D eigenvalue weighted by molar-refractivity contribution is -0.385. The van der Waals surface area contributed by atoms with Gasteiger partial charge in [-0.2, -0.15) is 5.10 Å². The molecule has 2 rings (SSSR count). The normalized spacial score (nSPS) is 15.3. The minimum Gasteiger partial charge on any atom is -0.303 e. The molecule has 0 aromatic heterocycles. The van der Waals surface area contributed by atoms with Gasteiger partial charge in [0.25, 0.3) is 11.6 Å². The second-order valence-electron chi connectivity index (χ2n) is 5.72. The zero-order valence-corrected chi connectivity index (χ0v) is 13.5. The Bertz CT molecular complexity index is 618. The summed E-state index contributed by atoms with van der Waals surface area (Å²) in [6.45, 7) is 6.80. The molecule has 1 saturated heterocycles. The molecular weight excluding hydrogens is 296 g/mol. The number of nitrogens with zero attached hydrogens (tertiary/aromatic N) is 3. The van der Waals surface area contributed by atoms with Gasteiger partial charge in [-0.3, -0.25) is 14.9 Å². The molecule has 0 spiro atoms. The lowest BCUT2D eigenvalue weighted by Crippen LogP contribution is -2.35. The molecule has 1 amide bonds. The molecule has 0 saturated carbocycles. The number of likely N-dealkylation sites (tertiary alicyclic amines) is 1. The van der Waals surface area contributed by atoms with Gasteiger partial charge >= 0.3 is 0 Å². The van der Waals surface area contributed by atoms with E-state index in [1.165, 1.54) is 6.07 Å². The SMILES string of the molecule is CCCN1CCC(=NNC(=O)c2ccc(C)c([N+](=O)[O-])c2)CC1. The zero-order valence-electron chi connectivity index (χ0n) is 13.5. The maximum Gasteiger partial charge on any atom is 0.273 e. The number of hydrazone groups is 1. The molecule has 0 unspecified atom stereocenters. The number of nitro benzene ring substituents is 1. The number of carbonyl (C=O) groups excluding carboxylic acids is 1. The van der Waals surface area contributed by atoms with E-state index in [9.17, 15) is 14.9 Å². The summed E-state index contributed by atoms with van der Waals surface area (Å²) in [5, 5.41) is 15.1. The van der Waals surface area contributed by atoms with Crippen molar-refractivity contribution in [1.29, 1.82) is 0 Å². The molecule has 0 aliphatic carbocycles. The molecule has 7 nitrogen and oxygen atoms in total. The number of carbonyl (C=O) groups is 1. The Labute approximate surface area is 135 Å². The highest BCUT2D eigenvalue weighted by Crippen LogP contribution is 2.19. The van der Waals surface area contributed by atoms with Crippen LogP contribution in [0, 0.1) is 17.0 Å². The van der Waals surface area contributed by atoms with Crippen LogP contribution in [0.1, 0.15) is 42.1 Å². The van der Waals surface area contributed by atoms with E-state index in [4.69, 9.17) is 0 Å². The third-order valence-corrected chi connectivity index (χ3v) is 3.96. The molecule has 1 aliphatic heterocycles. The van der Waals surface area contributed by atoms with Crippen molar-refractivity contribution >= 4 is 17.3 Å². The van der Waals surface area contributed by atoms with E-state index >= 15 is 0 Å². The molecule has 0 radical (unpaired) electrons. The van der Waals surface area contributed by atoms with E-state index < -0.39 is 10.8 Å². The van der Waals surface area contributed by atoms with Gasteiger partial charge in [-0.1, -0.05) is 13.0 Å². The highest BCUT2D eigenvalue weighted by molar-refractivity contribution is 5.96. The molecule has 1 heterocycles. The van der Waals surface area contributed by atoms with Crippen molar-refractivity contribution in [3.63, 3.8) is 0 Å². The lowest BCUT2D eigenvalue weighted by Gasteiger charge is -2.26. The topological polar surface area (TPSA) is 87.8 Å². The summed E-state index contributed by atoms with van der Waals surface area (Å²) in [6.07, 6.45) is 2.82. The van der Waals surface area contributed by atoms with Crippen LogP contribution in [0.2, 0.25) is 0 Å². The van der Waals surface area contributed by atoms with Crippen LogP contribution in [0.25, 0.3) is 0 Å². The zero-order chi connectivity index (χ0) is 16.8. The molecule has 0 atom stereocenters. The van der Waals surface area contributed by atoms with Crippen LogP contribution in [0.3, 0.4) is 0 Å². The quantitative estimate of drug-likeness (QED) is 0.667. The first kappa shape index (κ1) is 17.1. The van der Waals surface area contributed by atoms with Crippen molar-refractivity contribution in [2.45, 2.75) is 33.1 Å². The van der Waals surface area contributed by atoms with Gasteiger partial charge in [0.1, 0.15) is 0 Å². The van der Waals surface area contributed by atoms with Crippen LogP contribution in [-0.2, 0) is 0 Å². The molecule has 7 heteroatoms. The summed E-state index contributed by atoms with van der Waals surface area (Å²) in [4.78, 5) is 24.9. The Hall–Kier alpha value is -2.28. The van der Waals surface area contributed by atoms with Gasteiger partial charge in [-0.25, -0.2) is 5.43 Å². The predicted molar refractivity (Wildman–Crippen MR) is 88.7 cm³/mol. The fraction of sp³-hybridized carbons (Fsp3) is 0.500. The Kier molecular flexibility index (Phi) is 5.81. The van der Waals surface area contributed by atoms with Gasteiger partial charge in [0, 0.05) is 48.8 Å². The number of nitro groups is 1. The molecule has 1 aromatic carbocycles. The largest absolute Gasteiger partial charge is 0.303 e. The lowest BCUT2D eigenvalue weighted by atomic mass is 10.1. The number of piperidine rings is 1.